The van der Waals surface area contributed by atoms with Gasteiger partial charge in [0.2, 0.25) is 0 Å². The van der Waals surface area contributed by atoms with Gasteiger partial charge in [0.25, 0.3) is 0 Å². The highest BCUT2D eigenvalue weighted by atomic mass is 16.3. The van der Waals surface area contributed by atoms with Gasteiger partial charge in [0, 0.05) is 29.9 Å². The Morgan fingerprint density at radius 3 is 2.55 bits per heavy atom. The van der Waals surface area contributed by atoms with Gasteiger partial charge in [0.1, 0.15) is 11.5 Å². The van der Waals surface area contributed by atoms with Crippen molar-refractivity contribution in [2.75, 3.05) is 24.5 Å². The number of nitrogens with zero attached hydrogens (tertiary/aromatic N) is 2. The molecule has 1 aromatic heterocycles. The monoisotopic (exact) mass is 381 g/mol. The van der Waals surface area contributed by atoms with E-state index in [0.717, 1.165) is 35.7 Å². The van der Waals surface area contributed by atoms with E-state index in [9.17, 15) is 5.26 Å². The molecule has 0 saturated carbocycles. The molecule has 1 N–H and O–H groups in total. The number of benzene rings is 2. The van der Waals surface area contributed by atoms with Gasteiger partial charge in [-0.3, -0.25) is 0 Å². The normalized spacial score (nSPS) is 16.7. The summed E-state index contributed by atoms with van der Waals surface area (Å²) in [6.07, 6.45) is 7.67. The predicted octanol–water partition coefficient (Wildman–Crippen LogP) is 5.48. The summed E-state index contributed by atoms with van der Waals surface area (Å²) in [5.74, 6) is 1.55. The van der Waals surface area contributed by atoms with Crippen molar-refractivity contribution in [3.63, 3.8) is 0 Å². The van der Waals surface area contributed by atoms with Crippen molar-refractivity contribution in [3.05, 3.63) is 72.1 Å². The van der Waals surface area contributed by atoms with Gasteiger partial charge in [-0.15, -0.1) is 0 Å². The first kappa shape index (κ1) is 17.6. The topological polar surface area (TPSA) is 52.2 Å². The zero-order valence-electron chi connectivity index (χ0n) is 16.3. The minimum atomic E-state index is 0.535. The molecule has 4 nitrogen and oxygen atoms in total. The number of dihydropyridines is 1. The first-order chi connectivity index (χ1) is 14.3. The van der Waals surface area contributed by atoms with Crippen LogP contribution in [0.1, 0.15) is 25.0 Å². The average Bonchev–Trinajstić information content (AvgIpc) is 3.29. The first-order valence-electron chi connectivity index (χ1n) is 10.2. The van der Waals surface area contributed by atoms with Crippen LogP contribution >= 0.6 is 0 Å². The maximum absolute atomic E-state index is 9.35. The van der Waals surface area contributed by atoms with Gasteiger partial charge in [-0.2, -0.15) is 5.26 Å². The highest BCUT2D eigenvalue weighted by molar-refractivity contribution is 5.89. The van der Waals surface area contributed by atoms with Gasteiger partial charge in [-0.1, -0.05) is 18.2 Å². The van der Waals surface area contributed by atoms with Crippen LogP contribution in [0.4, 0.5) is 5.69 Å². The average molecular weight is 381 g/mol. The third kappa shape index (κ3) is 3.40. The lowest BCUT2D eigenvalue weighted by Gasteiger charge is -2.29. The number of nitrogens with one attached hydrogen (secondary N) is 1. The maximum atomic E-state index is 9.35. The van der Waals surface area contributed by atoms with Crippen molar-refractivity contribution < 1.29 is 4.42 Å². The van der Waals surface area contributed by atoms with Crippen LogP contribution in [-0.4, -0.2) is 19.6 Å². The number of allylic oxidation sites excluding steroid dienone is 2. The van der Waals surface area contributed by atoms with Crippen LogP contribution in [-0.2, 0) is 0 Å². The standard InChI is InChI=1S/C25H23N3O/c26-16-21-17-27-11-10-23(21)25-9-8-24(29-25)20-5-4-19-15-22(7-6-18(19)14-20)28-12-2-1-3-13-28/h4-11,14-15,27H,1-3,12-13,17H2. The van der Waals surface area contributed by atoms with Crippen molar-refractivity contribution >= 4 is 22.0 Å². The molecule has 1 fully saturated rings. The Kier molecular flexibility index (Phi) is 4.57. The molecule has 1 saturated heterocycles. The van der Waals surface area contributed by atoms with Crippen molar-refractivity contribution in [3.8, 4) is 17.4 Å². The maximum Gasteiger partial charge on any atom is 0.135 e. The molecule has 4 heteroatoms. The molecule has 0 atom stereocenters. The summed E-state index contributed by atoms with van der Waals surface area (Å²) in [6, 6.07) is 19.4. The van der Waals surface area contributed by atoms with Gasteiger partial charge >= 0.3 is 0 Å². The lowest BCUT2D eigenvalue weighted by molar-refractivity contribution is 0.568. The van der Waals surface area contributed by atoms with Crippen LogP contribution < -0.4 is 10.2 Å². The van der Waals surface area contributed by atoms with E-state index >= 15 is 0 Å². The van der Waals surface area contributed by atoms with Crippen LogP contribution in [0.3, 0.4) is 0 Å². The van der Waals surface area contributed by atoms with E-state index in [1.807, 2.05) is 24.4 Å². The Morgan fingerprint density at radius 2 is 1.69 bits per heavy atom. The van der Waals surface area contributed by atoms with Crippen molar-refractivity contribution in [2.24, 2.45) is 0 Å². The fourth-order valence-corrected chi connectivity index (χ4v) is 4.20. The van der Waals surface area contributed by atoms with E-state index in [4.69, 9.17) is 4.42 Å². The Balaban J connectivity index is 1.45. The molecule has 2 aromatic carbocycles. The number of fused-ring (bicyclic) bond motifs is 1. The molecule has 5 rings (SSSR count). The van der Waals surface area contributed by atoms with Gasteiger partial charge in [-0.25, -0.2) is 0 Å². The van der Waals surface area contributed by atoms with E-state index < -0.39 is 0 Å². The third-order valence-electron chi connectivity index (χ3n) is 5.81. The second kappa shape index (κ2) is 7.52. The van der Waals surface area contributed by atoms with Crippen LogP contribution in [0.5, 0.6) is 0 Å². The van der Waals surface area contributed by atoms with Crippen LogP contribution in [0, 0.1) is 11.3 Å². The molecular formula is C25H23N3O. The first-order valence-corrected chi connectivity index (χ1v) is 10.2. The summed E-state index contributed by atoms with van der Waals surface area (Å²) in [7, 11) is 0. The summed E-state index contributed by atoms with van der Waals surface area (Å²) in [5.41, 5.74) is 3.91. The second-order valence-corrected chi connectivity index (χ2v) is 7.68. The fourth-order valence-electron chi connectivity index (χ4n) is 4.20. The van der Waals surface area contributed by atoms with E-state index in [-0.39, 0.29) is 0 Å². The molecule has 0 amide bonds. The van der Waals surface area contributed by atoms with Crippen molar-refractivity contribution in [2.45, 2.75) is 19.3 Å². The highest BCUT2D eigenvalue weighted by Gasteiger charge is 2.15. The van der Waals surface area contributed by atoms with Gasteiger partial charge in [0.15, 0.2) is 0 Å². The molecular weight excluding hydrogens is 358 g/mol. The number of anilines is 1. The molecule has 2 aliphatic heterocycles. The quantitative estimate of drug-likeness (QED) is 0.652. The largest absolute Gasteiger partial charge is 0.456 e. The SMILES string of the molecule is N#CC1=C(c2ccc(-c3ccc4cc(N5CCCCC5)ccc4c3)o2)C=CNC1. The molecule has 144 valence electrons. The Labute approximate surface area is 170 Å². The summed E-state index contributed by atoms with van der Waals surface area (Å²) >= 11 is 0. The molecule has 0 spiro atoms. The smallest absolute Gasteiger partial charge is 0.135 e. The molecule has 3 heterocycles. The molecule has 0 aliphatic carbocycles. The summed E-state index contributed by atoms with van der Waals surface area (Å²) in [6.45, 7) is 2.85. The minimum Gasteiger partial charge on any atom is -0.456 e. The second-order valence-electron chi connectivity index (χ2n) is 7.68. The van der Waals surface area contributed by atoms with Crippen molar-refractivity contribution in [1.29, 1.82) is 5.26 Å². The van der Waals surface area contributed by atoms with Gasteiger partial charge < -0.3 is 14.6 Å². The number of nitriles is 1. The minimum absolute atomic E-state index is 0.535. The van der Waals surface area contributed by atoms with E-state index in [0.29, 0.717) is 12.1 Å². The van der Waals surface area contributed by atoms with Crippen molar-refractivity contribution in [1.82, 2.24) is 5.32 Å². The van der Waals surface area contributed by atoms with Crippen LogP contribution in [0.15, 0.2) is 70.8 Å². The number of furan rings is 1. The fraction of sp³-hybridized carbons (Fsp3) is 0.240. The molecule has 29 heavy (non-hydrogen) atoms. The van der Waals surface area contributed by atoms with Crippen LogP contribution in [0.25, 0.3) is 27.7 Å². The number of hydrogen-bond donors (Lipinski definition) is 1. The van der Waals surface area contributed by atoms with Crippen LogP contribution in [0.2, 0.25) is 0 Å². The summed E-state index contributed by atoms with van der Waals surface area (Å²) < 4.78 is 6.11. The Morgan fingerprint density at radius 1 is 0.897 bits per heavy atom. The highest BCUT2D eigenvalue weighted by Crippen LogP contribution is 2.32. The zero-order valence-corrected chi connectivity index (χ0v) is 16.3. The third-order valence-corrected chi connectivity index (χ3v) is 5.81. The predicted molar refractivity (Wildman–Crippen MR) is 117 cm³/mol. The van der Waals surface area contributed by atoms with E-state index in [1.54, 1.807) is 0 Å². The lowest BCUT2D eigenvalue weighted by atomic mass is 10.0. The summed E-state index contributed by atoms with van der Waals surface area (Å²) in [4.78, 5) is 2.49. The Bertz CT molecular complexity index is 1160. The number of hydrogen-bond acceptors (Lipinski definition) is 4. The molecule has 3 aromatic rings. The zero-order chi connectivity index (χ0) is 19.6. The Hall–Kier alpha value is -3.45. The number of rotatable bonds is 3. The molecule has 0 radical (unpaired) electrons. The molecule has 0 bridgehead atoms. The number of piperidine rings is 1. The van der Waals surface area contributed by atoms with E-state index in [1.165, 1.54) is 35.7 Å². The lowest BCUT2D eigenvalue weighted by Crippen LogP contribution is -2.29. The van der Waals surface area contributed by atoms with E-state index in [2.05, 4.69) is 52.7 Å². The molecule has 0 unspecified atom stereocenters. The molecule has 2 aliphatic rings. The summed E-state index contributed by atoms with van der Waals surface area (Å²) in [5, 5.41) is 14.9. The van der Waals surface area contributed by atoms with Gasteiger partial charge in [0.05, 0.1) is 18.2 Å². The van der Waals surface area contributed by atoms with Gasteiger partial charge in [-0.05, 0) is 72.6 Å².